The van der Waals surface area contributed by atoms with Gasteiger partial charge in [0.05, 0.1) is 12.2 Å². The minimum atomic E-state index is -1.76. The molecular formula is C36H58O6. The quantitative estimate of drug-likeness (QED) is 0.102. The van der Waals surface area contributed by atoms with Gasteiger partial charge in [0.1, 0.15) is 11.2 Å². The molecule has 4 rings (SSSR count). The van der Waals surface area contributed by atoms with Crippen molar-refractivity contribution in [2.75, 3.05) is 6.61 Å². The number of carbonyl (C=O) groups excluding carboxylic acids is 2. The van der Waals surface area contributed by atoms with E-state index in [0.29, 0.717) is 24.0 Å². The molecular weight excluding hydrogens is 528 g/mol. The average Bonchev–Trinajstić information content (AvgIpc) is 3.34. The van der Waals surface area contributed by atoms with Crippen molar-refractivity contribution in [2.24, 2.45) is 29.1 Å². The summed E-state index contributed by atoms with van der Waals surface area (Å²) in [5, 5.41) is 34.2. The molecule has 3 N–H and O–H groups in total. The summed E-state index contributed by atoms with van der Waals surface area (Å²) < 4.78 is 6.34. The number of Topliss-reactive ketones (excluding diaryl/α,β-unsaturated/α-hetero) is 1. The normalized spacial score (nSPS) is 36.3. The van der Waals surface area contributed by atoms with Crippen LogP contribution >= 0.6 is 0 Å². The van der Waals surface area contributed by atoms with Crippen molar-refractivity contribution in [3.8, 4) is 0 Å². The summed E-state index contributed by atoms with van der Waals surface area (Å²) in [6, 6.07) is 0. The molecule has 0 aromatic heterocycles. The van der Waals surface area contributed by atoms with Gasteiger partial charge >= 0.3 is 5.97 Å². The molecule has 0 spiro atoms. The number of ketones is 1. The maximum atomic E-state index is 13.2. The fourth-order valence-electron chi connectivity index (χ4n) is 9.14. The van der Waals surface area contributed by atoms with Gasteiger partial charge in [-0.1, -0.05) is 117 Å². The maximum Gasteiger partial charge on any atom is 0.306 e. The van der Waals surface area contributed by atoms with Crippen LogP contribution < -0.4 is 0 Å². The molecule has 0 aliphatic heterocycles. The molecule has 0 aromatic rings. The lowest BCUT2D eigenvalue weighted by Crippen LogP contribution is -2.61. The number of aliphatic hydroxyl groups is 3. The number of carbonyl (C=O) groups is 2. The highest BCUT2D eigenvalue weighted by Gasteiger charge is 2.83. The van der Waals surface area contributed by atoms with Crippen molar-refractivity contribution < 1.29 is 29.6 Å². The minimum Gasteiger partial charge on any atom is -0.458 e. The molecule has 0 saturated heterocycles. The van der Waals surface area contributed by atoms with Gasteiger partial charge in [-0.05, 0) is 36.8 Å². The van der Waals surface area contributed by atoms with Crippen LogP contribution in [0.2, 0.25) is 0 Å². The van der Waals surface area contributed by atoms with Crippen LogP contribution in [0.15, 0.2) is 23.3 Å². The summed E-state index contributed by atoms with van der Waals surface area (Å²) in [5.74, 6) is -2.25. The Balaban J connectivity index is 1.30. The molecule has 0 heterocycles. The van der Waals surface area contributed by atoms with Gasteiger partial charge in [0, 0.05) is 36.0 Å². The van der Waals surface area contributed by atoms with E-state index in [1.807, 2.05) is 13.0 Å². The molecule has 7 unspecified atom stereocenters. The van der Waals surface area contributed by atoms with E-state index >= 15 is 0 Å². The zero-order valence-electron chi connectivity index (χ0n) is 27.1. The Labute approximate surface area is 254 Å². The summed E-state index contributed by atoms with van der Waals surface area (Å²) >= 11 is 0. The fourth-order valence-corrected chi connectivity index (χ4v) is 9.14. The number of fused-ring (bicyclic) bond motifs is 5. The smallest absolute Gasteiger partial charge is 0.306 e. The first-order chi connectivity index (χ1) is 19.9. The molecule has 0 radical (unpaired) electrons. The van der Waals surface area contributed by atoms with E-state index < -0.39 is 28.6 Å². The van der Waals surface area contributed by atoms with Crippen LogP contribution in [0.4, 0.5) is 0 Å². The van der Waals surface area contributed by atoms with Gasteiger partial charge < -0.3 is 20.1 Å². The van der Waals surface area contributed by atoms with Gasteiger partial charge in [-0.2, -0.15) is 0 Å². The van der Waals surface area contributed by atoms with Gasteiger partial charge in [-0.3, -0.25) is 9.59 Å². The minimum absolute atomic E-state index is 0.00531. The molecule has 42 heavy (non-hydrogen) atoms. The Morgan fingerprint density at radius 2 is 1.48 bits per heavy atom. The van der Waals surface area contributed by atoms with Crippen LogP contribution in [-0.4, -0.2) is 50.5 Å². The Morgan fingerprint density at radius 1 is 0.929 bits per heavy atom. The highest BCUT2D eigenvalue weighted by molar-refractivity contribution is 6.04. The third-order valence-electron chi connectivity index (χ3n) is 11.7. The second-order valence-corrected chi connectivity index (χ2v) is 14.8. The number of aliphatic hydroxyl groups excluding tert-OH is 1. The van der Waals surface area contributed by atoms with Gasteiger partial charge in [-0.15, -0.1) is 0 Å². The lowest BCUT2D eigenvalue weighted by molar-refractivity contribution is -0.187. The van der Waals surface area contributed by atoms with Gasteiger partial charge in [0.2, 0.25) is 0 Å². The van der Waals surface area contributed by atoms with E-state index in [1.54, 1.807) is 13.0 Å². The van der Waals surface area contributed by atoms with Crippen LogP contribution in [0.1, 0.15) is 137 Å². The van der Waals surface area contributed by atoms with E-state index in [4.69, 9.17) is 4.74 Å². The third-order valence-corrected chi connectivity index (χ3v) is 11.7. The van der Waals surface area contributed by atoms with E-state index in [-0.39, 0.29) is 42.0 Å². The number of unbranched alkanes of at least 4 members (excludes halogenated alkanes) is 12. The van der Waals surface area contributed by atoms with Gasteiger partial charge in [-0.25, -0.2) is 0 Å². The largest absolute Gasteiger partial charge is 0.458 e. The van der Waals surface area contributed by atoms with Crippen molar-refractivity contribution in [3.63, 3.8) is 0 Å². The Kier molecular flexibility index (Phi) is 10.5. The van der Waals surface area contributed by atoms with E-state index in [2.05, 4.69) is 20.8 Å². The Hall–Kier alpha value is -1.50. The van der Waals surface area contributed by atoms with Crippen molar-refractivity contribution >= 4 is 11.8 Å². The molecule has 6 nitrogen and oxygen atoms in total. The lowest BCUT2D eigenvalue weighted by atomic mass is 9.60. The van der Waals surface area contributed by atoms with Crippen LogP contribution in [0.5, 0.6) is 0 Å². The van der Waals surface area contributed by atoms with Crippen molar-refractivity contribution in [1.82, 2.24) is 0 Å². The van der Waals surface area contributed by atoms with Crippen molar-refractivity contribution in [1.29, 1.82) is 0 Å². The Bertz CT molecular complexity index is 1040. The molecule has 7 atom stereocenters. The van der Waals surface area contributed by atoms with Crippen molar-refractivity contribution in [3.05, 3.63) is 23.3 Å². The van der Waals surface area contributed by atoms with E-state index in [9.17, 15) is 24.9 Å². The first kappa shape index (κ1) is 33.4. The molecule has 0 aromatic carbocycles. The summed E-state index contributed by atoms with van der Waals surface area (Å²) in [4.78, 5) is 26.2. The fraction of sp³-hybridized carbons (Fsp3) is 0.833. The van der Waals surface area contributed by atoms with Crippen molar-refractivity contribution in [2.45, 2.75) is 154 Å². The van der Waals surface area contributed by atoms with Gasteiger partial charge in [0.25, 0.3) is 0 Å². The average molecular weight is 587 g/mol. The molecule has 2 fully saturated rings. The summed E-state index contributed by atoms with van der Waals surface area (Å²) in [7, 11) is 0. The number of ether oxygens (including phenoxy) is 1. The maximum absolute atomic E-state index is 13.2. The summed E-state index contributed by atoms with van der Waals surface area (Å²) in [6.07, 6.45) is 20.9. The second kappa shape index (κ2) is 13.2. The Morgan fingerprint density at radius 3 is 2.02 bits per heavy atom. The number of esters is 1. The third kappa shape index (κ3) is 5.94. The molecule has 0 amide bonds. The molecule has 6 heteroatoms. The van der Waals surface area contributed by atoms with Crippen LogP contribution in [0, 0.1) is 29.1 Å². The standard InChI is InChI=1S/C36H58O6/c1-6-7-8-9-10-11-12-13-14-15-16-17-18-19-30(38)42-35-22-26(3)36(41)28(31(35)33(35,4)5)21-27(24-37)23-34(40)29(36)20-25(2)32(34)39/h20-21,26,28-29,31,37,40-41H,6-19,22-24H2,1-5H3. The van der Waals surface area contributed by atoms with Crippen LogP contribution in [-0.2, 0) is 14.3 Å². The number of rotatable bonds is 16. The monoisotopic (exact) mass is 586 g/mol. The second-order valence-electron chi connectivity index (χ2n) is 14.8. The predicted octanol–water partition coefficient (Wildman–Crippen LogP) is 6.99. The first-order valence-electron chi connectivity index (χ1n) is 17.1. The number of hydrogen-bond donors (Lipinski definition) is 3. The van der Waals surface area contributed by atoms with E-state index in [0.717, 1.165) is 19.3 Å². The lowest BCUT2D eigenvalue weighted by Gasteiger charge is -2.50. The molecule has 0 bridgehead atoms. The molecule has 238 valence electrons. The summed E-state index contributed by atoms with van der Waals surface area (Å²) in [6.45, 7) is 9.80. The number of hydrogen-bond acceptors (Lipinski definition) is 6. The van der Waals surface area contributed by atoms with Gasteiger partial charge in [0.15, 0.2) is 5.78 Å². The molecule has 2 saturated carbocycles. The topological polar surface area (TPSA) is 104 Å². The summed E-state index contributed by atoms with van der Waals surface area (Å²) in [5.41, 5.74) is -3.20. The zero-order chi connectivity index (χ0) is 30.8. The highest BCUT2D eigenvalue weighted by atomic mass is 16.6. The first-order valence-corrected chi connectivity index (χ1v) is 17.1. The SMILES string of the molecule is CCCCCCCCCCCCCCCC(=O)OC12CC(C)C3(O)C(C=C(CO)CC4(O)C(=O)C(C)=CC43)C1C2(C)C. The highest BCUT2D eigenvalue weighted by Crippen LogP contribution is 2.76. The predicted molar refractivity (Wildman–Crippen MR) is 166 cm³/mol. The van der Waals surface area contributed by atoms with Crippen LogP contribution in [0.25, 0.3) is 0 Å². The van der Waals surface area contributed by atoms with E-state index in [1.165, 1.54) is 64.2 Å². The molecule has 4 aliphatic rings. The molecule has 4 aliphatic carbocycles. The van der Waals surface area contributed by atoms with Crippen LogP contribution in [0.3, 0.4) is 0 Å². The zero-order valence-corrected chi connectivity index (χ0v) is 27.1.